The van der Waals surface area contributed by atoms with Crippen molar-refractivity contribution >= 4 is 23.5 Å². The molecule has 2 atom stereocenters. The molecule has 5 nitrogen and oxygen atoms in total. The molecule has 3 rings (SSSR count). The Morgan fingerprint density at radius 2 is 2.20 bits per heavy atom. The van der Waals surface area contributed by atoms with E-state index in [0.717, 1.165) is 18.0 Å². The quantitative estimate of drug-likeness (QED) is 0.929. The zero-order valence-electron chi connectivity index (χ0n) is 11.2. The van der Waals surface area contributed by atoms with E-state index in [-0.39, 0.29) is 0 Å². The monoisotopic (exact) mass is 311 g/mol. The molecule has 3 heterocycles. The van der Waals surface area contributed by atoms with Crippen molar-refractivity contribution in [2.75, 3.05) is 11.5 Å². The van der Waals surface area contributed by atoms with Crippen LogP contribution in [0, 0.1) is 0 Å². The van der Waals surface area contributed by atoms with Gasteiger partial charge in [-0.05, 0) is 18.6 Å². The minimum atomic E-state index is 0.306. The second-order valence-electron chi connectivity index (χ2n) is 4.54. The number of aromatic nitrogens is 2. The lowest BCUT2D eigenvalue weighted by Gasteiger charge is -2.27. The lowest BCUT2D eigenvalue weighted by Crippen LogP contribution is -2.19. The summed E-state index contributed by atoms with van der Waals surface area (Å²) < 4.78 is 10.9. The summed E-state index contributed by atoms with van der Waals surface area (Å²) in [5, 5.41) is 5.00. The van der Waals surface area contributed by atoms with Crippen LogP contribution in [0.15, 0.2) is 21.1 Å². The van der Waals surface area contributed by atoms with Crippen LogP contribution in [-0.2, 0) is 6.54 Å². The van der Waals surface area contributed by atoms with Gasteiger partial charge < -0.3 is 14.7 Å². The molecule has 0 amide bonds. The molecule has 108 valence electrons. The summed E-state index contributed by atoms with van der Waals surface area (Å²) in [6, 6.07) is 3.65. The van der Waals surface area contributed by atoms with Crippen LogP contribution in [0.1, 0.15) is 30.2 Å². The van der Waals surface area contributed by atoms with E-state index in [1.54, 1.807) is 0 Å². The lowest BCUT2D eigenvalue weighted by atomic mass is 10.2. The molecule has 0 aliphatic carbocycles. The van der Waals surface area contributed by atoms with Crippen LogP contribution in [0.2, 0.25) is 0 Å². The van der Waals surface area contributed by atoms with Gasteiger partial charge in [0.05, 0.1) is 11.8 Å². The van der Waals surface area contributed by atoms with Crippen molar-refractivity contribution in [3.63, 3.8) is 0 Å². The molecule has 7 heteroatoms. The number of rotatable bonds is 4. The van der Waals surface area contributed by atoms with Crippen molar-refractivity contribution in [1.82, 2.24) is 10.1 Å². The second-order valence-corrected chi connectivity index (χ2v) is 7.13. The Morgan fingerprint density at radius 1 is 1.35 bits per heavy atom. The molecule has 0 aromatic carbocycles. The first-order valence-electron chi connectivity index (χ1n) is 6.67. The van der Waals surface area contributed by atoms with Gasteiger partial charge in [0.15, 0.2) is 11.6 Å². The number of hydrogen-bond donors (Lipinski definition) is 1. The summed E-state index contributed by atoms with van der Waals surface area (Å²) in [5.41, 5.74) is 5.53. The summed E-state index contributed by atoms with van der Waals surface area (Å²) >= 11 is 3.91. The highest BCUT2D eigenvalue weighted by molar-refractivity contribution is 8.06. The van der Waals surface area contributed by atoms with Gasteiger partial charge in [0.25, 0.3) is 5.89 Å². The van der Waals surface area contributed by atoms with Crippen molar-refractivity contribution in [1.29, 1.82) is 0 Å². The summed E-state index contributed by atoms with van der Waals surface area (Å²) in [6.45, 7) is 2.58. The van der Waals surface area contributed by atoms with E-state index in [0.29, 0.717) is 34.5 Å². The number of hydrogen-bond acceptors (Lipinski definition) is 7. The van der Waals surface area contributed by atoms with Gasteiger partial charge in [-0.25, -0.2) is 0 Å². The maximum atomic E-state index is 5.54. The number of nitrogens with zero attached hydrogens (tertiary/aromatic N) is 2. The predicted molar refractivity (Wildman–Crippen MR) is 81.6 cm³/mol. The summed E-state index contributed by atoms with van der Waals surface area (Å²) in [5.74, 6) is 4.84. The first-order chi connectivity index (χ1) is 9.81. The zero-order valence-corrected chi connectivity index (χ0v) is 12.9. The highest BCUT2D eigenvalue weighted by atomic mass is 32.2. The lowest BCUT2D eigenvalue weighted by molar-refractivity contribution is 0.404. The van der Waals surface area contributed by atoms with Crippen molar-refractivity contribution in [2.45, 2.75) is 30.4 Å². The van der Waals surface area contributed by atoms with Crippen molar-refractivity contribution in [3.05, 3.63) is 23.7 Å². The first kappa shape index (κ1) is 14.0. The molecule has 0 spiro atoms. The normalized spacial score (nSPS) is 23.1. The Morgan fingerprint density at radius 3 is 2.95 bits per heavy atom. The molecule has 2 unspecified atom stereocenters. The Labute approximate surface area is 126 Å². The Bertz CT molecular complexity index is 569. The molecular formula is C13H17N3O2S2. The maximum absolute atomic E-state index is 5.54. The third kappa shape index (κ3) is 2.75. The van der Waals surface area contributed by atoms with Crippen molar-refractivity contribution in [2.24, 2.45) is 5.73 Å². The second kappa shape index (κ2) is 6.24. The number of furan rings is 1. The van der Waals surface area contributed by atoms with Crippen LogP contribution in [0.3, 0.4) is 0 Å². The molecule has 0 bridgehead atoms. The van der Waals surface area contributed by atoms with E-state index in [4.69, 9.17) is 14.7 Å². The Balaban J connectivity index is 1.82. The van der Waals surface area contributed by atoms with Gasteiger partial charge in [-0.15, -0.1) is 11.8 Å². The van der Waals surface area contributed by atoms with E-state index >= 15 is 0 Å². The van der Waals surface area contributed by atoms with E-state index in [9.17, 15) is 0 Å². The third-order valence-corrected chi connectivity index (χ3v) is 6.47. The molecule has 20 heavy (non-hydrogen) atoms. The van der Waals surface area contributed by atoms with Gasteiger partial charge >= 0.3 is 0 Å². The topological polar surface area (TPSA) is 78.1 Å². The molecule has 1 aliphatic rings. The fraction of sp³-hybridized carbons (Fsp3) is 0.538. The Hall–Kier alpha value is -0.920. The Kier molecular flexibility index (Phi) is 4.38. The SMILES string of the molecule is CCC1SCCSC1c1noc(-c2ccc(CN)o2)n1. The number of nitrogens with two attached hydrogens (primary N) is 1. The van der Waals surface area contributed by atoms with Crippen LogP contribution < -0.4 is 5.73 Å². The third-order valence-electron chi connectivity index (χ3n) is 3.22. The maximum Gasteiger partial charge on any atom is 0.293 e. The highest BCUT2D eigenvalue weighted by Gasteiger charge is 2.30. The largest absolute Gasteiger partial charge is 0.455 e. The summed E-state index contributed by atoms with van der Waals surface area (Å²) in [6.07, 6.45) is 1.12. The standard InChI is InChI=1S/C13H17N3O2S2/c1-2-10-11(20-6-5-19-10)12-15-13(18-16-12)9-4-3-8(7-14)17-9/h3-4,10-11H,2,5-7,14H2,1H3. The highest BCUT2D eigenvalue weighted by Crippen LogP contribution is 2.43. The van der Waals surface area contributed by atoms with Crippen LogP contribution in [0.25, 0.3) is 11.7 Å². The minimum Gasteiger partial charge on any atom is -0.455 e. The predicted octanol–water partition coefficient (Wildman–Crippen LogP) is 3.09. The molecule has 2 N–H and O–H groups in total. The van der Waals surface area contributed by atoms with Crippen molar-refractivity contribution < 1.29 is 8.94 Å². The van der Waals surface area contributed by atoms with E-state index in [1.807, 2.05) is 35.7 Å². The van der Waals surface area contributed by atoms with Gasteiger partial charge in [-0.2, -0.15) is 16.7 Å². The smallest absolute Gasteiger partial charge is 0.293 e. The molecule has 1 fully saturated rings. The first-order valence-corrected chi connectivity index (χ1v) is 8.77. The van der Waals surface area contributed by atoms with Crippen LogP contribution in [0.4, 0.5) is 0 Å². The molecule has 2 aromatic rings. The molecule has 0 saturated carbocycles. The van der Waals surface area contributed by atoms with Gasteiger partial charge in [0.1, 0.15) is 5.76 Å². The average Bonchev–Trinajstić information content (AvgIpc) is 3.15. The molecule has 2 aromatic heterocycles. The van der Waals surface area contributed by atoms with E-state index in [1.165, 1.54) is 5.75 Å². The number of thioether (sulfide) groups is 2. The fourth-order valence-electron chi connectivity index (χ4n) is 2.20. The van der Waals surface area contributed by atoms with E-state index in [2.05, 4.69) is 17.1 Å². The van der Waals surface area contributed by atoms with Gasteiger partial charge in [0, 0.05) is 16.8 Å². The average molecular weight is 311 g/mol. The molecule has 1 saturated heterocycles. The van der Waals surface area contributed by atoms with Gasteiger partial charge in [-0.1, -0.05) is 12.1 Å². The van der Waals surface area contributed by atoms with Gasteiger partial charge in [-0.3, -0.25) is 0 Å². The fourth-order valence-corrected chi connectivity index (χ4v) is 5.18. The van der Waals surface area contributed by atoms with Crippen LogP contribution >= 0.6 is 23.5 Å². The van der Waals surface area contributed by atoms with Gasteiger partial charge in [0.2, 0.25) is 0 Å². The van der Waals surface area contributed by atoms with E-state index < -0.39 is 0 Å². The van der Waals surface area contributed by atoms with Crippen LogP contribution in [0.5, 0.6) is 0 Å². The minimum absolute atomic E-state index is 0.306. The zero-order chi connectivity index (χ0) is 13.9. The molecular weight excluding hydrogens is 294 g/mol. The molecule has 0 radical (unpaired) electrons. The van der Waals surface area contributed by atoms with Crippen LogP contribution in [-0.4, -0.2) is 26.9 Å². The summed E-state index contributed by atoms with van der Waals surface area (Å²) in [7, 11) is 0. The summed E-state index contributed by atoms with van der Waals surface area (Å²) in [4.78, 5) is 4.50. The molecule has 1 aliphatic heterocycles. The van der Waals surface area contributed by atoms with Crippen molar-refractivity contribution in [3.8, 4) is 11.7 Å².